The fourth-order valence-corrected chi connectivity index (χ4v) is 2.69. The molecule has 0 bridgehead atoms. The van der Waals surface area contributed by atoms with Crippen molar-refractivity contribution in [2.24, 2.45) is 5.73 Å². The van der Waals surface area contributed by atoms with Crippen LogP contribution in [0.15, 0.2) is 48.7 Å². The van der Waals surface area contributed by atoms with Gasteiger partial charge in [0.25, 0.3) is 0 Å². The minimum absolute atomic E-state index is 0.0835. The average molecular weight is 396 g/mol. The maximum absolute atomic E-state index is 14.0. The van der Waals surface area contributed by atoms with Crippen molar-refractivity contribution >= 4 is 11.8 Å². The number of nitrogens with zero attached hydrogens (tertiary/aromatic N) is 1. The second-order valence-electron chi connectivity index (χ2n) is 5.87. The summed E-state index contributed by atoms with van der Waals surface area (Å²) in [6.07, 6.45) is -4.06. The molecule has 28 heavy (non-hydrogen) atoms. The summed E-state index contributed by atoms with van der Waals surface area (Å²) in [7, 11) is 1.41. The fraction of sp³-hybridized carbons (Fsp3) is 0.316. The van der Waals surface area contributed by atoms with Gasteiger partial charge in [0.05, 0.1) is 19.4 Å². The molecule has 1 heterocycles. The number of carbonyl (C=O) groups excluding carboxylic acids is 2. The van der Waals surface area contributed by atoms with E-state index in [1.807, 2.05) is 0 Å². The Balaban J connectivity index is 2.66. The van der Waals surface area contributed by atoms with E-state index in [9.17, 15) is 22.8 Å². The molecular formula is C19H19F3N2O4. The van der Waals surface area contributed by atoms with Crippen molar-refractivity contribution in [1.82, 2.24) is 4.98 Å². The number of halogens is 3. The lowest BCUT2D eigenvalue weighted by Gasteiger charge is -2.35. The van der Waals surface area contributed by atoms with Gasteiger partial charge in [-0.1, -0.05) is 6.07 Å². The first-order valence-corrected chi connectivity index (χ1v) is 8.28. The van der Waals surface area contributed by atoms with Gasteiger partial charge in [-0.2, -0.15) is 13.2 Å². The molecule has 2 aromatic rings. The molecule has 150 valence electrons. The van der Waals surface area contributed by atoms with E-state index < -0.39 is 29.4 Å². The molecule has 0 fully saturated rings. The second-order valence-corrected chi connectivity index (χ2v) is 5.87. The monoisotopic (exact) mass is 396 g/mol. The zero-order chi connectivity index (χ0) is 20.9. The highest BCUT2D eigenvalue weighted by Crippen LogP contribution is 2.42. The first-order valence-electron chi connectivity index (χ1n) is 8.28. The molecule has 2 N–H and O–H groups in total. The molecule has 1 aromatic carbocycles. The van der Waals surface area contributed by atoms with Crippen molar-refractivity contribution < 1.29 is 32.2 Å². The van der Waals surface area contributed by atoms with Gasteiger partial charge in [0, 0.05) is 11.8 Å². The number of alkyl halides is 3. The summed E-state index contributed by atoms with van der Waals surface area (Å²) in [6, 6.07) is 9.49. The Bertz CT molecular complexity index is 825. The number of nitrogens with two attached hydrogens (primary N) is 1. The van der Waals surface area contributed by atoms with Crippen LogP contribution in [0, 0.1) is 0 Å². The lowest BCUT2D eigenvalue weighted by atomic mass is 9.76. The van der Waals surface area contributed by atoms with Gasteiger partial charge in [-0.3, -0.25) is 9.78 Å². The molecule has 0 aliphatic rings. The SMILES string of the molecule is CCOC(=O)C(N)(C(C(=O)c1ccc(OC)cc1)c1ccccn1)C(F)(F)F. The van der Waals surface area contributed by atoms with Crippen LogP contribution in [-0.2, 0) is 9.53 Å². The van der Waals surface area contributed by atoms with E-state index in [1.165, 1.54) is 62.7 Å². The number of aromatic nitrogens is 1. The van der Waals surface area contributed by atoms with Crippen LogP contribution in [0.1, 0.15) is 28.9 Å². The summed E-state index contributed by atoms with van der Waals surface area (Å²) in [6.45, 7) is 1.01. The molecule has 2 atom stereocenters. The average Bonchev–Trinajstić information content (AvgIpc) is 2.68. The van der Waals surface area contributed by atoms with Gasteiger partial charge in [0.1, 0.15) is 11.7 Å². The Morgan fingerprint density at radius 3 is 2.25 bits per heavy atom. The van der Waals surface area contributed by atoms with Crippen LogP contribution in [-0.4, -0.2) is 42.2 Å². The predicted octanol–water partition coefficient (Wildman–Crippen LogP) is 2.88. The summed E-state index contributed by atoms with van der Waals surface area (Å²) >= 11 is 0. The molecule has 2 unspecified atom stereocenters. The first-order chi connectivity index (χ1) is 13.2. The number of rotatable bonds is 7. The van der Waals surface area contributed by atoms with Gasteiger partial charge in [-0.15, -0.1) is 0 Å². The van der Waals surface area contributed by atoms with E-state index in [0.29, 0.717) is 5.75 Å². The third-order valence-corrected chi connectivity index (χ3v) is 4.16. The molecule has 0 saturated heterocycles. The van der Waals surface area contributed by atoms with Crippen LogP contribution < -0.4 is 10.5 Å². The topological polar surface area (TPSA) is 91.5 Å². The zero-order valence-electron chi connectivity index (χ0n) is 15.2. The highest BCUT2D eigenvalue weighted by atomic mass is 19.4. The molecule has 6 nitrogen and oxygen atoms in total. The number of esters is 1. The minimum atomic E-state index is -5.27. The molecule has 9 heteroatoms. The molecule has 0 saturated carbocycles. The molecule has 0 radical (unpaired) electrons. The van der Waals surface area contributed by atoms with E-state index in [0.717, 1.165) is 0 Å². The van der Waals surface area contributed by atoms with E-state index >= 15 is 0 Å². The Hall–Kier alpha value is -2.94. The molecule has 0 amide bonds. The summed E-state index contributed by atoms with van der Waals surface area (Å²) in [5, 5.41) is 0. The van der Waals surface area contributed by atoms with Crippen LogP contribution in [0.3, 0.4) is 0 Å². The number of ketones is 1. The summed E-state index contributed by atoms with van der Waals surface area (Å²) < 4.78 is 51.5. The van der Waals surface area contributed by atoms with Crippen molar-refractivity contribution in [3.63, 3.8) is 0 Å². The number of hydrogen-bond donors (Lipinski definition) is 1. The summed E-state index contributed by atoms with van der Waals surface area (Å²) in [5.41, 5.74) is 1.59. The van der Waals surface area contributed by atoms with Crippen LogP contribution in [0.25, 0.3) is 0 Å². The molecule has 0 spiro atoms. The number of hydrogen-bond acceptors (Lipinski definition) is 6. The van der Waals surface area contributed by atoms with Crippen molar-refractivity contribution in [2.75, 3.05) is 13.7 Å². The van der Waals surface area contributed by atoms with E-state index in [2.05, 4.69) is 9.72 Å². The number of Topliss-reactive ketones (excluding diaryl/α,β-unsaturated/α-hetero) is 1. The van der Waals surface area contributed by atoms with Crippen LogP contribution >= 0.6 is 0 Å². The van der Waals surface area contributed by atoms with Gasteiger partial charge in [0.2, 0.25) is 5.54 Å². The Labute approximate surface area is 159 Å². The summed E-state index contributed by atoms with van der Waals surface area (Å²) in [4.78, 5) is 29.2. The largest absolute Gasteiger partial charge is 0.497 e. The number of pyridine rings is 1. The Morgan fingerprint density at radius 1 is 1.14 bits per heavy atom. The number of benzene rings is 1. The van der Waals surface area contributed by atoms with Crippen molar-refractivity contribution in [3.05, 3.63) is 59.9 Å². The normalized spacial score (nSPS) is 14.6. The van der Waals surface area contributed by atoms with E-state index in [4.69, 9.17) is 10.5 Å². The van der Waals surface area contributed by atoms with Crippen molar-refractivity contribution in [1.29, 1.82) is 0 Å². The fourth-order valence-electron chi connectivity index (χ4n) is 2.69. The maximum Gasteiger partial charge on any atom is 0.418 e. The van der Waals surface area contributed by atoms with Crippen LogP contribution in [0.5, 0.6) is 5.75 Å². The molecule has 2 rings (SSSR count). The number of carbonyl (C=O) groups is 2. The van der Waals surface area contributed by atoms with Gasteiger partial charge in [0.15, 0.2) is 5.78 Å². The number of ether oxygens (including phenoxy) is 2. The predicted molar refractivity (Wildman–Crippen MR) is 93.9 cm³/mol. The third kappa shape index (κ3) is 3.99. The zero-order valence-corrected chi connectivity index (χ0v) is 15.2. The Morgan fingerprint density at radius 2 is 1.79 bits per heavy atom. The molecule has 0 aliphatic heterocycles. The van der Waals surface area contributed by atoms with Gasteiger partial charge >= 0.3 is 12.1 Å². The smallest absolute Gasteiger partial charge is 0.418 e. The quantitative estimate of drug-likeness (QED) is 0.572. The van der Waals surface area contributed by atoms with Crippen LogP contribution in [0.4, 0.5) is 13.2 Å². The van der Waals surface area contributed by atoms with Crippen LogP contribution in [0.2, 0.25) is 0 Å². The van der Waals surface area contributed by atoms with Gasteiger partial charge in [-0.25, -0.2) is 4.79 Å². The van der Waals surface area contributed by atoms with E-state index in [-0.39, 0.29) is 17.9 Å². The van der Waals surface area contributed by atoms with Gasteiger partial charge < -0.3 is 15.2 Å². The third-order valence-electron chi connectivity index (χ3n) is 4.16. The highest BCUT2D eigenvalue weighted by molar-refractivity contribution is 6.05. The molecule has 0 aliphatic carbocycles. The van der Waals surface area contributed by atoms with Crippen molar-refractivity contribution in [2.45, 2.75) is 24.6 Å². The standard InChI is InChI=1S/C19H19F3N2O4/c1-3-28-17(26)18(23,19(20,21)22)15(14-6-4-5-11-24-14)16(25)12-7-9-13(27-2)10-8-12/h4-11,15H,3,23H2,1-2H3. The number of methoxy groups -OCH3 is 1. The second kappa shape index (κ2) is 8.39. The summed E-state index contributed by atoms with van der Waals surface area (Å²) in [5.74, 6) is -4.50. The van der Waals surface area contributed by atoms with Gasteiger partial charge in [-0.05, 0) is 43.3 Å². The van der Waals surface area contributed by atoms with Crippen molar-refractivity contribution in [3.8, 4) is 5.75 Å². The maximum atomic E-state index is 14.0. The highest BCUT2D eigenvalue weighted by Gasteiger charge is 2.66. The first kappa shape index (κ1) is 21.4. The lowest BCUT2D eigenvalue weighted by Crippen LogP contribution is -2.65. The molecule has 1 aromatic heterocycles. The Kier molecular flexibility index (Phi) is 6.40. The minimum Gasteiger partial charge on any atom is -0.497 e. The van der Waals surface area contributed by atoms with E-state index in [1.54, 1.807) is 0 Å². The lowest BCUT2D eigenvalue weighted by molar-refractivity contribution is -0.208. The molecular weight excluding hydrogens is 377 g/mol.